The highest BCUT2D eigenvalue weighted by molar-refractivity contribution is 5.98. The first kappa shape index (κ1) is 28.1. The Kier molecular flexibility index (Phi) is 9.31. The average Bonchev–Trinajstić information content (AvgIpc) is 2.95. The molecule has 0 fully saturated rings. The lowest BCUT2D eigenvalue weighted by Gasteiger charge is -2.14. The van der Waals surface area contributed by atoms with Crippen LogP contribution in [0.5, 0.6) is 17.2 Å². The normalized spacial score (nSPS) is 11.1. The van der Waals surface area contributed by atoms with Crippen LogP contribution >= 0.6 is 0 Å². The molecular weight excluding hydrogens is 508 g/mol. The highest BCUT2D eigenvalue weighted by Crippen LogP contribution is 2.37. The largest absolute Gasteiger partial charge is 0.486 e. The van der Waals surface area contributed by atoms with E-state index in [1.807, 2.05) is 13.0 Å². The third-order valence-corrected chi connectivity index (χ3v) is 5.98. The van der Waals surface area contributed by atoms with E-state index in [1.54, 1.807) is 78.9 Å². The maximum Gasteiger partial charge on any atom is 0.383 e. The number of benzene rings is 3. The Hall–Kier alpha value is -4.91. The second-order valence-corrected chi connectivity index (χ2v) is 9.37. The summed E-state index contributed by atoms with van der Waals surface area (Å²) >= 11 is 0. The van der Waals surface area contributed by atoms with Crippen LogP contribution in [0.15, 0.2) is 111 Å². The molecule has 0 saturated carbocycles. The Morgan fingerprint density at radius 2 is 1.35 bits per heavy atom. The number of hydrogen-bond acceptors (Lipinski definition) is 7. The minimum atomic E-state index is -0.989. The highest BCUT2D eigenvalue weighted by atomic mass is 16.6. The first-order chi connectivity index (χ1) is 19.3. The quantitative estimate of drug-likeness (QED) is 0.119. The standard InChI is InChI=1S/C33H30O7/c1-22(2)12-10-13-23(3)20-21-37-27-19-11-18-26-28(27)38-33(36)30(40-32(35)25-16-8-5-9-17-25)29(26)39-31(34)24-14-6-4-7-15-24/h4-9,11-12,14-20H,10,13,21H2,1-3H3. The molecule has 3 aromatic carbocycles. The third-order valence-electron chi connectivity index (χ3n) is 5.98. The van der Waals surface area contributed by atoms with E-state index in [1.165, 1.54) is 5.57 Å². The average molecular weight is 539 g/mol. The zero-order valence-electron chi connectivity index (χ0n) is 22.6. The van der Waals surface area contributed by atoms with Crippen molar-refractivity contribution in [1.82, 2.24) is 0 Å². The summed E-state index contributed by atoms with van der Waals surface area (Å²) in [7, 11) is 0. The molecule has 0 N–H and O–H groups in total. The van der Waals surface area contributed by atoms with Crippen LogP contribution in [0.1, 0.15) is 54.3 Å². The predicted molar refractivity (Wildman–Crippen MR) is 153 cm³/mol. The number of fused-ring (bicyclic) bond motifs is 1. The number of ether oxygens (including phenoxy) is 3. The first-order valence-electron chi connectivity index (χ1n) is 12.9. The SMILES string of the molecule is CC(C)=CCCC(C)=CCOc1cccc2c(OC(=O)c3ccccc3)c(OC(=O)c3ccccc3)c(=O)oc12. The summed E-state index contributed by atoms with van der Waals surface area (Å²) in [4.78, 5) is 39.0. The third kappa shape index (κ3) is 7.14. The van der Waals surface area contributed by atoms with Crippen LogP contribution in [0, 0.1) is 0 Å². The zero-order valence-corrected chi connectivity index (χ0v) is 22.6. The van der Waals surface area contributed by atoms with Crippen molar-refractivity contribution in [1.29, 1.82) is 0 Å². The van der Waals surface area contributed by atoms with E-state index in [9.17, 15) is 14.4 Å². The van der Waals surface area contributed by atoms with Crippen LogP contribution < -0.4 is 19.8 Å². The number of carbonyl (C=O) groups is 2. The number of allylic oxidation sites excluding steroid dienone is 3. The van der Waals surface area contributed by atoms with Crippen LogP contribution in [-0.2, 0) is 0 Å². The van der Waals surface area contributed by atoms with E-state index in [-0.39, 0.29) is 40.2 Å². The maximum absolute atomic E-state index is 13.1. The van der Waals surface area contributed by atoms with E-state index < -0.39 is 23.3 Å². The summed E-state index contributed by atoms with van der Waals surface area (Å²) in [6.45, 7) is 6.40. The lowest BCUT2D eigenvalue weighted by atomic mass is 10.1. The van der Waals surface area contributed by atoms with Gasteiger partial charge in [0.05, 0.1) is 16.5 Å². The van der Waals surface area contributed by atoms with E-state index in [4.69, 9.17) is 18.6 Å². The molecule has 1 heterocycles. The summed E-state index contributed by atoms with van der Waals surface area (Å²) in [5.74, 6) is -2.02. The predicted octanol–water partition coefficient (Wildman–Crippen LogP) is 7.30. The first-order valence-corrected chi connectivity index (χ1v) is 12.9. The molecule has 0 unspecified atom stereocenters. The van der Waals surface area contributed by atoms with E-state index in [0.29, 0.717) is 0 Å². The second kappa shape index (κ2) is 13.2. The summed E-state index contributed by atoms with van der Waals surface area (Å²) in [5.41, 5.74) is 1.98. The van der Waals surface area contributed by atoms with Crippen molar-refractivity contribution in [3.63, 3.8) is 0 Å². The number of carbonyl (C=O) groups excluding carboxylic acids is 2. The minimum Gasteiger partial charge on any atom is -0.486 e. The molecule has 0 radical (unpaired) electrons. The Labute approximate surface area is 232 Å². The van der Waals surface area contributed by atoms with Crippen LogP contribution in [0.3, 0.4) is 0 Å². The van der Waals surface area contributed by atoms with Crippen LogP contribution in [-0.4, -0.2) is 18.5 Å². The van der Waals surface area contributed by atoms with Crippen molar-refractivity contribution in [2.24, 2.45) is 0 Å². The summed E-state index contributed by atoms with van der Waals surface area (Å²) in [5, 5.41) is 0.238. The van der Waals surface area contributed by atoms with Gasteiger partial charge in [0.15, 0.2) is 17.1 Å². The van der Waals surface area contributed by atoms with Gasteiger partial charge in [-0.2, -0.15) is 0 Å². The van der Waals surface area contributed by atoms with Crippen molar-refractivity contribution in [3.8, 4) is 17.2 Å². The highest BCUT2D eigenvalue weighted by Gasteiger charge is 2.25. The molecule has 7 nitrogen and oxygen atoms in total. The van der Waals surface area contributed by atoms with Gasteiger partial charge in [0.25, 0.3) is 5.75 Å². The van der Waals surface area contributed by atoms with Gasteiger partial charge in [0, 0.05) is 0 Å². The molecule has 0 atom stereocenters. The molecule has 0 bridgehead atoms. The molecule has 0 spiro atoms. The van der Waals surface area contributed by atoms with Crippen LogP contribution in [0.2, 0.25) is 0 Å². The van der Waals surface area contributed by atoms with Crippen molar-refractivity contribution >= 4 is 22.9 Å². The van der Waals surface area contributed by atoms with Crippen molar-refractivity contribution < 1.29 is 28.2 Å². The van der Waals surface area contributed by atoms with Gasteiger partial charge >= 0.3 is 17.6 Å². The van der Waals surface area contributed by atoms with Crippen molar-refractivity contribution in [3.05, 3.63) is 124 Å². The summed E-state index contributed by atoms with van der Waals surface area (Å²) in [6.07, 6.45) is 5.98. The molecule has 40 heavy (non-hydrogen) atoms. The van der Waals surface area contributed by atoms with Gasteiger partial charge < -0.3 is 18.6 Å². The zero-order chi connectivity index (χ0) is 28.5. The minimum absolute atomic E-state index is 0.0680. The fraction of sp³-hybridized carbons (Fsp3) is 0.182. The summed E-state index contributed by atoms with van der Waals surface area (Å²) in [6, 6.07) is 21.4. The lowest BCUT2D eigenvalue weighted by molar-refractivity contribution is 0.0678. The monoisotopic (exact) mass is 538 g/mol. The van der Waals surface area contributed by atoms with Gasteiger partial charge in [-0.05, 0) is 76.1 Å². The molecule has 4 rings (SSSR count). The fourth-order valence-electron chi connectivity index (χ4n) is 3.87. The lowest BCUT2D eigenvalue weighted by Crippen LogP contribution is -2.18. The van der Waals surface area contributed by atoms with Crippen molar-refractivity contribution in [2.45, 2.75) is 33.6 Å². The second-order valence-electron chi connectivity index (χ2n) is 9.37. The van der Waals surface area contributed by atoms with Crippen molar-refractivity contribution in [2.75, 3.05) is 6.61 Å². The molecule has 0 saturated heterocycles. The molecule has 4 aromatic rings. The topological polar surface area (TPSA) is 92.0 Å². The Balaban J connectivity index is 1.70. The molecular formula is C33H30O7. The fourth-order valence-corrected chi connectivity index (χ4v) is 3.87. The molecule has 7 heteroatoms. The van der Waals surface area contributed by atoms with Gasteiger partial charge in [-0.15, -0.1) is 0 Å². The molecule has 0 aliphatic rings. The molecule has 0 aliphatic carbocycles. The van der Waals surface area contributed by atoms with Gasteiger partial charge in [-0.1, -0.05) is 59.7 Å². The maximum atomic E-state index is 13.1. The van der Waals surface area contributed by atoms with Gasteiger partial charge in [-0.25, -0.2) is 14.4 Å². The molecule has 1 aromatic heterocycles. The van der Waals surface area contributed by atoms with E-state index in [0.717, 1.165) is 18.4 Å². The number of esters is 2. The Bertz CT molecular complexity index is 1610. The van der Waals surface area contributed by atoms with Crippen LogP contribution in [0.25, 0.3) is 11.0 Å². The van der Waals surface area contributed by atoms with Gasteiger partial charge in [0.2, 0.25) is 0 Å². The van der Waals surface area contributed by atoms with Gasteiger partial charge in [-0.3, -0.25) is 0 Å². The van der Waals surface area contributed by atoms with Gasteiger partial charge in [0.1, 0.15) is 6.61 Å². The smallest absolute Gasteiger partial charge is 0.383 e. The van der Waals surface area contributed by atoms with E-state index >= 15 is 0 Å². The summed E-state index contributed by atoms with van der Waals surface area (Å²) < 4.78 is 22.6. The molecule has 0 amide bonds. The van der Waals surface area contributed by atoms with Crippen LogP contribution in [0.4, 0.5) is 0 Å². The Morgan fingerprint density at radius 1 is 0.750 bits per heavy atom. The molecule has 204 valence electrons. The number of rotatable bonds is 10. The number of hydrogen-bond donors (Lipinski definition) is 0. The van der Waals surface area contributed by atoms with E-state index in [2.05, 4.69) is 19.9 Å². The Morgan fingerprint density at radius 3 is 1.95 bits per heavy atom. The number of para-hydroxylation sites is 1. The molecule has 0 aliphatic heterocycles.